The molecule has 0 saturated carbocycles. The molecule has 1 aromatic heterocycles. The normalized spacial score (nSPS) is 20.0. The topological polar surface area (TPSA) is 163 Å². The number of β-lactam (4-membered cyclic amide) rings is 1. The van der Waals surface area contributed by atoms with Crippen molar-refractivity contribution in [2.45, 2.75) is 31.7 Å². The monoisotopic (exact) mass is 509 g/mol. The van der Waals surface area contributed by atoms with Crippen molar-refractivity contribution >= 4 is 57.7 Å². The van der Waals surface area contributed by atoms with E-state index in [0.717, 1.165) is 17.8 Å². The minimum atomic E-state index is -0.913. The molecular formula is C20H23N5O7S2. The molecule has 0 bridgehead atoms. The first-order valence-corrected chi connectivity index (χ1v) is 12.0. The van der Waals surface area contributed by atoms with Crippen LogP contribution in [0.25, 0.3) is 0 Å². The lowest BCUT2D eigenvalue weighted by atomic mass is 10.0. The maximum atomic E-state index is 13.0. The van der Waals surface area contributed by atoms with Crippen LogP contribution < -0.4 is 11.1 Å². The van der Waals surface area contributed by atoms with Gasteiger partial charge in [0.1, 0.15) is 29.9 Å². The number of nitrogens with two attached hydrogens (primary N) is 1. The van der Waals surface area contributed by atoms with Crippen LogP contribution in [0.3, 0.4) is 0 Å². The first-order valence-electron chi connectivity index (χ1n) is 10.1. The van der Waals surface area contributed by atoms with E-state index in [2.05, 4.69) is 20.2 Å². The van der Waals surface area contributed by atoms with Crippen molar-refractivity contribution < 1.29 is 33.5 Å². The molecule has 0 radical (unpaired) electrons. The number of carbonyl (C=O) groups is 4. The summed E-state index contributed by atoms with van der Waals surface area (Å²) in [5, 5.41) is 7.59. The first kappa shape index (κ1) is 25.2. The number of thioether (sulfide) groups is 1. The molecule has 1 unspecified atom stereocenters. The molecule has 2 amide bonds. The van der Waals surface area contributed by atoms with Gasteiger partial charge >= 0.3 is 11.9 Å². The van der Waals surface area contributed by atoms with Gasteiger partial charge in [-0.25, -0.2) is 9.78 Å². The predicted molar refractivity (Wildman–Crippen MR) is 124 cm³/mol. The predicted octanol–water partition coefficient (Wildman–Crippen LogP) is 0.760. The number of amides is 2. The van der Waals surface area contributed by atoms with Gasteiger partial charge in [0.05, 0.1) is 0 Å². The first-order chi connectivity index (χ1) is 16.3. The lowest BCUT2D eigenvalue weighted by Gasteiger charge is -2.49. The summed E-state index contributed by atoms with van der Waals surface area (Å²) in [5.41, 5.74) is 6.36. The summed E-state index contributed by atoms with van der Waals surface area (Å²) in [4.78, 5) is 59.6. The Morgan fingerprint density at radius 3 is 2.76 bits per heavy atom. The Balaban J connectivity index is 1.79. The van der Waals surface area contributed by atoms with Crippen molar-refractivity contribution in [3.63, 3.8) is 0 Å². The van der Waals surface area contributed by atoms with Gasteiger partial charge in [0.25, 0.3) is 11.8 Å². The highest BCUT2D eigenvalue weighted by atomic mass is 32.2. The molecule has 182 valence electrons. The fraction of sp³-hybridized carbons (Fsp3) is 0.400. The highest BCUT2D eigenvalue weighted by molar-refractivity contribution is 8.00. The molecule has 1 aromatic rings. The van der Waals surface area contributed by atoms with Crippen molar-refractivity contribution in [3.8, 4) is 0 Å². The molecule has 3 N–H and O–H groups in total. The zero-order valence-corrected chi connectivity index (χ0v) is 20.2. The molecule has 0 aromatic carbocycles. The number of nitrogens with zero attached hydrogens (tertiary/aromatic N) is 3. The number of rotatable bonds is 9. The van der Waals surface area contributed by atoms with Crippen molar-refractivity contribution in [1.82, 2.24) is 15.2 Å². The fourth-order valence-electron chi connectivity index (χ4n) is 3.16. The lowest BCUT2D eigenvalue weighted by molar-refractivity contribution is -0.166. The Kier molecular flexibility index (Phi) is 8.28. The van der Waals surface area contributed by atoms with Gasteiger partial charge in [0.2, 0.25) is 6.79 Å². The molecule has 0 aliphatic carbocycles. The Labute approximate surface area is 203 Å². The SMILES string of the molecule is CC/C=C\C1=C(C(=O)OCOC(C)=O)N2C(=O)C(NC(=O)/C(=N\OC)c3csc(N)n3)[C@H]2SC1. The molecule has 3 rings (SSSR count). The Hall–Kier alpha value is -3.39. The number of nitrogens with one attached hydrogen (secondary N) is 1. The van der Waals surface area contributed by atoms with Gasteiger partial charge < -0.3 is 25.4 Å². The van der Waals surface area contributed by atoms with Gasteiger partial charge in [-0.3, -0.25) is 19.3 Å². The summed E-state index contributed by atoms with van der Waals surface area (Å²) >= 11 is 2.51. The number of thiazole rings is 1. The van der Waals surface area contributed by atoms with Crippen LogP contribution in [0.5, 0.6) is 0 Å². The van der Waals surface area contributed by atoms with E-state index in [4.69, 9.17) is 15.3 Å². The van der Waals surface area contributed by atoms with Gasteiger partial charge in [0, 0.05) is 18.1 Å². The number of oxime groups is 1. The second-order valence-electron chi connectivity index (χ2n) is 6.92. The molecule has 12 nitrogen and oxygen atoms in total. The summed E-state index contributed by atoms with van der Waals surface area (Å²) < 4.78 is 9.70. The van der Waals surface area contributed by atoms with Crippen LogP contribution in [0, 0.1) is 0 Å². The van der Waals surface area contributed by atoms with Gasteiger partial charge in [-0.05, 0) is 12.0 Å². The van der Waals surface area contributed by atoms with Crippen LogP contribution in [0.1, 0.15) is 26.0 Å². The van der Waals surface area contributed by atoms with E-state index in [1.54, 1.807) is 11.5 Å². The number of nitrogen functional groups attached to an aromatic ring is 1. The van der Waals surface area contributed by atoms with E-state index in [1.165, 1.54) is 30.7 Å². The number of hydrogen-bond acceptors (Lipinski definition) is 12. The van der Waals surface area contributed by atoms with E-state index in [9.17, 15) is 19.2 Å². The second kappa shape index (κ2) is 11.2. The standard InChI is InChI=1S/C20H23N5O7S2/c1-4-5-6-11-7-33-18-14(17(28)25(18)15(11)19(29)32-9-31-10(2)26)23-16(27)13(24-30-3)12-8-34-20(21)22-12/h5-6,8,14,18H,4,7,9H2,1-3H3,(H2,21,22)(H,23,27)/b6-5-,24-13-/t14?,18-/m1/s1. The zero-order valence-electron chi connectivity index (χ0n) is 18.6. The Morgan fingerprint density at radius 1 is 1.38 bits per heavy atom. The number of aromatic nitrogens is 1. The van der Waals surface area contributed by atoms with Gasteiger partial charge in [-0.1, -0.05) is 24.2 Å². The number of allylic oxidation sites excluding steroid dienone is 2. The van der Waals surface area contributed by atoms with E-state index >= 15 is 0 Å². The molecule has 1 saturated heterocycles. The van der Waals surface area contributed by atoms with Crippen LogP contribution >= 0.6 is 23.1 Å². The third-order valence-electron chi connectivity index (χ3n) is 4.65. The average molecular weight is 510 g/mol. The molecule has 34 heavy (non-hydrogen) atoms. The number of carbonyl (C=O) groups excluding carboxylic acids is 4. The summed E-state index contributed by atoms with van der Waals surface area (Å²) in [6.45, 7) is 2.54. The third kappa shape index (κ3) is 5.39. The number of anilines is 1. The zero-order chi connectivity index (χ0) is 24.8. The molecule has 3 heterocycles. The van der Waals surface area contributed by atoms with Crippen LogP contribution in [0.2, 0.25) is 0 Å². The van der Waals surface area contributed by atoms with Crippen molar-refractivity contribution in [1.29, 1.82) is 0 Å². The van der Waals surface area contributed by atoms with Crippen LogP contribution in [-0.2, 0) is 33.5 Å². The smallest absolute Gasteiger partial charge is 0.358 e. The lowest BCUT2D eigenvalue weighted by Crippen LogP contribution is -2.71. The maximum absolute atomic E-state index is 13.0. The molecule has 1 fully saturated rings. The fourth-order valence-corrected chi connectivity index (χ4v) is 5.02. The van der Waals surface area contributed by atoms with Crippen molar-refractivity contribution in [3.05, 3.63) is 34.5 Å². The minimum absolute atomic E-state index is 0.0501. The largest absolute Gasteiger partial charge is 0.428 e. The maximum Gasteiger partial charge on any atom is 0.358 e. The molecule has 0 spiro atoms. The number of hydrogen-bond donors (Lipinski definition) is 2. The van der Waals surface area contributed by atoms with Gasteiger partial charge in [-0.15, -0.1) is 23.1 Å². The van der Waals surface area contributed by atoms with Crippen LogP contribution in [0.4, 0.5) is 5.13 Å². The Bertz CT molecular complexity index is 1080. The highest BCUT2D eigenvalue weighted by Crippen LogP contribution is 2.41. The van der Waals surface area contributed by atoms with E-state index in [1.807, 2.05) is 13.0 Å². The quantitative estimate of drug-likeness (QED) is 0.160. The third-order valence-corrected chi connectivity index (χ3v) is 6.62. The van der Waals surface area contributed by atoms with E-state index in [-0.39, 0.29) is 22.2 Å². The molecule has 14 heteroatoms. The van der Waals surface area contributed by atoms with Crippen LogP contribution in [0.15, 0.2) is 34.0 Å². The van der Waals surface area contributed by atoms with Gasteiger partial charge in [0.15, 0.2) is 10.8 Å². The minimum Gasteiger partial charge on any atom is -0.428 e. The summed E-state index contributed by atoms with van der Waals surface area (Å²) in [5.74, 6) is -2.19. The average Bonchev–Trinajstić information content (AvgIpc) is 3.24. The molecule has 2 atom stereocenters. The number of fused-ring (bicyclic) bond motifs is 1. The van der Waals surface area contributed by atoms with Crippen molar-refractivity contribution in [2.75, 3.05) is 25.4 Å². The number of esters is 2. The van der Waals surface area contributed by atoms with Gasteiger partial charge in [-0.2, -0.15) is 0 Å². The molecule has 2 aliphatic rings. The van der Waals surface area contributed by atoms with E-state index < -0.39 is 42.0 Å². The summed E-state index contributed by atoms with van der Waals surface area (Å²) in [6, 6.07) is -0.913. The van der Waals surface area contributed by atoms with Crippen molar-refractivity contribution in [2.24, 2.45) is 5.16 Å². The molecular weight excluding hydrogens is 486 g/mol. The molecule has 2 aliphatic heterocycles. The van der Waals surface area contributed by atoms with E-state index in [0.29, 0.717) is 11.3 Å². The summed E-state index contributed by atoms with van der Waals surface area (Å²) in [6.07, 6.45) is 4.33. The highest BCUT2D eigenvalue weighted by Gasteiger charge is 2.54. The second-order valence-corrected chi connectivity index (χ2v) is 8.92. The van der Waals surface area contributed by atoms with Crippen LogP contribution in [-0.4, -0.2) is 70.4 Å². The number of ether oxygens (including phenoxy) is 2. The summed E-state index contributed by atoms with van der Waals surface area (Å²) in [7, 11) is 1.28. The Morgan fingerprint density at radius 2 is 2.15 bits per heavy atom.